The second-order valence-corrected chi connectivity index (χ2v) is 11.1. The van der Waals surface area contributed by atoms with Crippen LogP contribution in [0.25, 0.3) is 11.3 Å². The van der Waals surface area contributed by atoms with E-state index in [1.807, 2.05) is 6.92 Å². The van der Waals surface area contributed by atoms with Gasteiger partial charge < -0.3 is 16.0 Å². The van der Waals surface area contributed by atoms with Crippen LogP contribution in [0.5, 0.6) is 0 Å². The summed E-state index contributed by atoms with van der Waals surface area (Å²) < 4.78 is 22.0. The molecular weight excluding hydrogens is 451 g/mol. The smallest absolute Gasteiger partial charge is 0.254 e. The maximum atomic E-state index is 15.1. The summed E-state index contributed by atoms with van der Waals surface area (Å²) in [4.78, 5) is 24.6. The number of hydrogen-bond acceptors (Lipinski definition) is 6. The van der Waals surface area contributed by atoms with Crippen LogP contribution < -0.4 is 16.8 Å². The summed E-state index contributed by atoms with van der Waals surface area (Å²) in [5, 5.41) is 11.3. The van der Waals surface area contributed by atoms with Gasteiger partial charge in [-0.2, -0.15) is 5.10 Å². The average Bonchev–Trinajstić information content (AvgIpc) is 3.15. The Morgan fingerprint density at radius 2 is 1.91 bits per heavy atom. The summed E-state index contributed by atoms with van der Waals surface area (Å²) in [7, 11) is 0. The number of halogens is 1. The standard InChI is InChI=1S/C25H27FN6O3/c1-23-10-25(11-23,12-23)16-9-18(35-31-16)29-17(33)8-13-3-4-14(15(26)7-13)20-19(22(28)34)21(27)32(30-20)24(2)5-6-24/h3-4,7,9H,5-6,8,10-12,27H2,1-2H3,(H2,28,34)(H,29,33). The highest BCUT2D eigenvalue weighted by Crippen LogP contribution is 2.73. The zero-order valence-electron chi connectivity index (χ0n) is 19.7. The zero-order valence-corrected chi connectivity index (χ0v) is 19.7. The highest BCUT2D eigenvalue weighted by Gasteiger charge is 2.66. The van der Waals surface area contributed by atoms with Gasteiger partial charge in [0.25, 0.3) is 5.91 Å². The maximum absolute atomic E-state index is 15.1. The van der Waals surface area contributed by atoms with E-state index in [-0.39, 0.29) is 51.8 Å². The highest BCUT2D eigenvalue weighted by atomic mass is 19.1. The molecule has 4 aliphatic carbocycles. The van der Waals surface area contributed by atoms with E-state index in [4.69, 9.17) is 16.0 Å². The van der Waals surface area contributed by atoms with Gasteiger partial charge in [-0.05, 0) is 62.1 Å². The van der Waals surface area contributed by atoms with Crippen LogP contribution in [0.2, 0.25) is 0 Å². The summed E-state index contributed by atoms with van der Waals surface area (Å²) in [6.07, 6.45) is 4.97. The number of hydrogen-bond donors (Lipinski definition) is 3. The number of aromatic nitrogens is 3. The number of benzene rings is 1. The van der Waals surface area contributed by atoms with Gasteiger partial charge in [-0.1, -0.05) is 18.1 Å². The summed E-state index contributed by atoms with van der Waals surface area (Å²) in [5.74, 6) is -1.32. The van der Waals surface area contributed by atoms with Gasteiger partial charge in [-0.3, -0.25) is 14.9 Å². The van der Waals surface area contributed by atoms with E-state index < -0.39 is 11.7 Å². The van der Waals surface area contributed by atoms with E-state index in [1.54, 1.807) is 16.8 Å². The average molecular weight is 479 g/mol. The van der Waals surface area contributed by atoms with Crippen LogP contribution in [0.3, 0.4) is 0 Å². The van der Waals surface area contributed by atoms with Crippen molar-refractivity contribution in [3.05, 3.63) is 46.9 Å². The number of nitrogen functional groups attached to an aromatic ring is 1. The fourth-order valence-electron chi connectivity index (χ4n) is 6.05. The summed E-state index contributed by atoms with van der Waals surface area (Å²) in [6, 6.07) is 6.14. The maximum Gasteiger partial charge on any atom is 0.254 e. The lowest BCUT2D eigenvalue weighted by Crippen LogP contribution is -2.62. The number of nitrogens with two attached hydrogens (primary N) is 2. The monoisotopic (exact) mass is 478 g/mol. The first-order valence-corrected chi connectivity index (χ1v) is 11.8. The number of nitrogens with zero attached hydrogens (tertiary/aromatic N) is 3. The number of carbonyl (C=O) groups is 2. The summed E-state index contributed by atoms with van der Waals surface area (Å²) in [6.45, 7) is 4.24. The molecule has 3 aromatic rings. The molecule has 2 heterocycles. The first-order valence-electron chi connectivity index (χ1n) is 11.8. The predicted octanol–water partition coefficient (Wildman–Crippen LogP) is 3.49. The van der Waals surface area contributed by atoms with Crippen molar-refractivity contribution in [3.8, 4) is 11.3 Å². The Kier molecular flexibility index (Phi) is 4.32. The van der Waals surface area contributed by atoms with E-state index in [9.17, 15) is 9.59 Å². The van der Waals surface area contributed by atoms with Gasteiger partial charge in [0.05, 0.1) is 17.7 Å². The number of nitrogens with one attached hydrogen (secondary N) is 1. The van der Waals surface area contributed by atoms with Crippen molar-refractivity contribution >= 4 is 23.5 Å². The molecule has 0 aliphatic heterocycles. The second-order valence-electron chi connectivity index (χ2n) is 11.1. The predicted molar refractivity (Wildman–Crippen MR) is 126 cm³/mol. The van der Waals surface area contributed by atoms with Gasteiger partial charge in [-0.25, -0.2) is 9.07 Å². The molecule has 2 amide bonds. The van der Waals surface area contributed by atoms with Crippen molar-refractivity contribution in [3.63, 3.8) is 0 Å². The Morgan fingerprint density at radius 3 is 2.51 bits per heavy atom. The highest BCUT2D eigenvalue weighted by molar-refractivity contribution is 6.03. The minimum Gasteiger partial charge on any atom is -0.383 e. The zero-order chi connectivity index (χ0) is 24.8. The minimum absolute atomic E-state index is 0.00125. The molecule has 0 saturated heterocycles. The molecule has 4 saturated carbocycles. The van der Waals surface area contributed by atoms with Gasteiger partial charge in [0.2, 0.25) is 11.8 Å². The van der Waals surface area contributed by atoms with Crippen LogP contribution in [-0.4, -0.2) is 26.8 Å². The molecule has 2 aromatic heterocycles. The van der Waals surface area contributed by atoms with E-state index in [1.165, 1.54) is 12.1 Å². The van der Waals surface area contributed by atoms with Crippen LogP contribution >= 0.6 is 0 Å². The third-order valence-electron chi connectivity index (χ3n) is 7.92. The molecular formula is C25H27FN6O3. The lowest BCUT2D eigenvalue weighted by Gasteiger charge is -2.68. The Bertz CT molecular complexity index is 1380. The summed E-state index contributed by atoms with van der Waals surface area (Å²) in [5.41, 5.74) is 13.5. The molecule has 9 nitrogen and oxygen atoms in total. The van der Waals surface area contributed by atoms with E-state index >= 15 is 4.39 Å². The third kappa shape index (κ3) is 3.34. The molecule has 7 rings (SSSR count). The first-order chi connectivity index (χ1) is 16.5. The number of amides is 2. The van der Waals surface area contributed by atoms with Gasteiger partial charge in [0.1, 0.15) is 22.9 Å². The quantitative estimate of drug-likeness (QED) is 0.474. The molecule has 35 heavy (non-hydrogen) atoms. The van der Waals surface area contributed by atoms with Gasteiger partial charge in [0, 0.05) is 17.0 Å². The van der Waals surface area contributed by atoms with Crippen molar-refractivity contribution in [2.24, 2.45) is 11.1 Å². The molecule has 0 spiro atoms. The molecule has 5 N–H and O–H groups in total. The Hall–Kier alpha value is -3.69. The second kappa shape index (κ2) is 6.93. The Morgan fingerprint density at radius 1 is 1.20 bits per heavy atom. The molecule has 2 bridgehead atoms. The van der Waals surface area contributed by atoms with Crippen molar-refractivity contribution < 1.29 is 18.5 Å². The van der Waals surface area contributed by atoms with E-state index in [0.717, 1.165) is 37.8 Å². The number of rotatable bonds is 7. The molecule has 0 atom stereocenters. The van der Waals surface area contributed by atoms with Crippen LogP contribution in [0.15, 0.2) is 28.8 Å². The molecule has 4 fully saturated rings. The fraction of sp³-hybridized carbons (Fsp3) is 0.440. The normalized spacial score (nSPS) is 25.5. The Labute approximate surface area is 201 Å². The molecule has 0 unspecified atom stereocenters. The lowest BCUT2D eigenvalue weighted by atomic mass is 9.35. The molecule has 0 radical (unpaired) electrons. The van der Waals surface area contributed by atoms with Crippen molar-refractivity contribution in [1.82, 2.24) is 14.9 Å². The number of carbonyl (C=O) groups excluding carboxylic acids is 2. The van der Waals surface area contributed by atoms with Crippen LogP contribution in [-0.2, 0) is 22.2 Å². The first kappa shape index (κ1) is 21.8. The van der Waals surface area contributed by atoms with Crippen molar-refractivity contribution in [2.45, 2.75) is 63.3 Å². The molecule has 10 heteroatoms. The molecule has 4 aliphatic rings. The van der Waals surface area contributed by atoms with Crippen molar-refractivity contribution in [1.29, 1.82) is 0 Å². The topological polar surface area (TPSA) is 142 Å². The largest absolute Gasteiger partial charge is 0.383 e. The van der Waals surface area contributed by atoms with Crippen LogP contribution in [0.4, 0.5) is 16.1 Å². The van der Waals surface area contributed by atoms with Gasteiger partial charge in [0.15, 0.2) is 0 Å². The Balaban J connectivity index is 1.18. The molecule has 1 aromatic carbocycles. The fourth-order valence-corrected chi connectivity index (χ4v) is 6.05. The van der Waals surface area contributed by atoms with Crippen molar-refractivity contribution in [2.75, 3.05) is 11.1 Å². The number of anilines is 2. The minimum atomic E-state index is -0.768. The summed E-state index contributed by atoms with van der Waals surface area (Å²) >= 11 is 0. The third-order valence-corrected chi connectivity index (χ3v) is 7.92. The van der Waals surface area contributed by atoms with Gasteiger partial charge >= 0.3 is 0 Å². The number of primary amides is 1. The lowest BCUT2D eigenvalue weighted by molar-refractivity contribution is -0.129. The molecule has 182 valence electrons. The van der Waals surface area contributed by atoms with Crippen LogP contribution in [0, 0.1) is 11.2 Å². The van der Waals surface area contributed by atoms with Crippen LogP contribution in [0.1, 0.15) is 67.6 Å². The van der Waals surface area contributed by atoms with E-state index in [0.29, 0.717) is 11.0 Å². The van der Waals surface area contributed by atoms with Gasteiger partial charge in [-0.15, -0.1) is 0 Å². The SMILES string of the molecule is CC12CC(c3cc(NC(=O)Cc4ccc(-c5nn(C6(C)CC6)c(N)c5C(N)=O)c(F)c4)on3)(C1)C2. The van der Waals surface area contributed by atoms with E-state index in [2.05, 4.69) is 22.5 Å².